The second-order valence-corrected chi connectivity index (χ2v) is 6.62. The number of nitrogens with zero attached hydrogens (tertiary/aromatic N) is 2. The van der Waals surface area contributed by atoms with Gasteiger partial charge in [0.15, 0.2) is 0 Å². The van der Waals surface area contributed by atoms with Crippen molar-refractivity contribution >= 4 is 23.3 Å². The Bertz CT molecular complexity index is 677. The van der Waals surface area contributed by atoms with Crippen LogP contribution >= 0.6 is 11.6 Å². The van der Waals surface area contributed by atoms with Crippen LogP contribution in [0.1, 0.15) is 11.1 Å². The lowest BCUT2D eigenvalue weighted by Crippen LogP contribution is -2.49. The molecule has 0 bridgehead atoms. The Morgan fingerprint density at radius 1 is 1.00 bits per heavy atom. The molecule has 1 heterocycles. The molecule has 0 saturated carbocycles. The molecule has 1 N–H and O–H groups in total. The van der Waals surface area contributed by atoms with E-state index in [4.69, 9.17) is 11.6 Å². The average molecular weight is 344 g/mol. The van der Waals surface area contributed by atoms with Gasteiger partial charge in [0.1, 0.15) is 0 Å². The van der Waals surface area contributed by atoms with Gasteiger partial charge in [0.05, 0.1) is 0 Å². The van der Waals surface area contributed by atoms with Gasteiger partial charge < -0.3 is 10.2 Å². The number of urea groups is 1. The SMILES string of the molecule is Cc1ccc(NC(=O)N2CCN(Cc3ccc(Cl)cc3)CC2)cc1. The van der Waals surface area contributed by atoms with Gasteiger partial charge in [0.25, 0.3) is 0 Å². The molecule has 5 heteroatoms. The van der Waals surface area contributed by atoms with Gasteiger partial charge >= 0.3 is 6.03 Å². The molecule has 2 aromatic carbocycles. The standard InChI is InChI=1S/C19H22ClN3O/c1-15-2-8-18(9-3-15)21-19(24)23-12-10-22(11-13-23)14-16-4-6-17(20)7-5-16/h2-9H,10-14H2,1H3,(H,21,24). The zero-order valence-corrected chi connectivity index (χ0v) is 14.6. The van der Waals surface area contributed by atoms with E-state index in [0.29, 0.717) is 0 Å². The summed E-state index contributed by atoms with van der Waals surface area (Å²) in [6.07, 6.45) is 0. The highest BCUT2D eigenvalue weighted by molar-refractivity contribution is 6.30. The van der Waals surface area contributed by atoms with E-state index in [1.807, 2.05) is 48.2 Å². The molecule has 0 aliphatic carbocycles. The Morgan fingerprint density at radius 2 is 1.62 bits per heavy atom. The molecule has 126 valence electrons. The summed E-state index contributed by atoms with van der Waals surface area (Å²) in [6.45, 7) is 6.17. The third-order valence-electron chi connectivity index (χ3n) is 4.28. The summed E-state index contributed by atoms with van der Waals surface area (Å²) in [6, 6.07) is 15.8. The minimum Gasteiger partial charge on any atom is -0.322 e. The molecule has 2 aromatic rings. The Hall–Kier alpha value is -2.04. The highest BCUT2D eigenvalue weighted by atomic mass is 35.5. The van der Waals surface area contributed by atoms with E-state index in [9.17, 15) is 4.79 Å². The number of nitrogens with one attached hydrogen (secondary N) is 1. The fourth-order valence-electron chi connectivity index (χ4n) is 2.80. The van der Waals surface area contributed by atoms with Crippen molar-refractivity contribution in [3.63, 3.8) is 0 Å². The summed E-state index contributed by atoms with van der Waals surface area (Å²) < 4.78 is 0. The van der Waals surface area contributed by atoms with E-state index in [2.05, 4.69) is 22.3 Å². The first kappa shape index (κ1) is 16.8. The Labute approximate surface area is 148 Å². The summed E-state index contributed by atoms with van der Waals surface area (Å²) in [5.41, 5.74) is 3.27. The van der Waals surface area contributed by atoms with Gasteiger partial charge in [-0.2, -0.15) is 0 Å². The lowest BCUT2D eigenvalue weighted by Gasteiger charge is -2.34. The van der Waals surface area contributed by atoms with E-state index < -0.39 is 0 Å². The molecule has 1 fully saturated rings. The number of benzene rings is 2. The molecule has 1 aliphatic heterocycles. The zero-order valence-electron chi connectivity index (χ0n) is 13.8. The number of rotatable bonds is 3. The Morgan fingerprint density at radius 3 is 2.25 bits per heavy atom. The van der Waals surface area contributed by atoms with Gasteiger partial charge in [-0.15, -0.1) is 0 Å². The van der Waals surface area contributed by atoms with E-state index >= 15 is 0 Å². The molecule has 1 saturated heterocycles. The number of anilines is 1. The average Bonchev–Trinajstić information content (AvgIpc) is 2.59. The van der Waals surface area contributed by atoms with Gasteiger partial charge in [-0.05, 0) is 36.8 Å². The predicted molar refractivity (Wildman–Crippen MR) is 98.5 cm³/mol. The van der Waals surface area contributed by atoms with Crippen molar-refractivity contribution < 1.29 is 4.79 Å². The van der Waals surface area contributed by atoms with Crippen molar-refractivity contribution in [3.05, 3.63) is 64.7 Å². The number of amides is 2. The van der Waals surface area contributed by atoms with E-state index in [1.165, 1.54) is 11.1 Å². The maximum Gasteiger partial charge on any atom is 0.321 e. The second kappa shape index (κ2) is 7.69. The summed E-state index contributed by atoms with van der Waals surface area (Å²) in [5, 5.41) is 3.72. The van der Waals surface area contributed by atoms with Gasteiger partial charge in [-0.3, -0.25) is 4.90 Å². The monoisotopic (exact) mass is 343 g/mol. The van der Waals surface area contributed by atoms with Crippen LogP contribution in [0.3, 0.4) is 0 Å². The van der Waals surface area contributed by atoms with Crippen LogP contribution in [0.2, 0.25) is 5.02 Å². The number of halogens is 1. The summed E-state index contributed by atoms with van der Waals surface area (Å²) in [4.78, 5) is 16.6. The van der Waals surface area contributed by atoms with Crippen LogP contribution in [0.25, 0.3) is 0 Å². The third-order valence-corrected chi connectivity index (χ3v) is 4.53. The number of aryl methyl sites for hydroxylation is 1. The minimum atomic E-state index is -0.0232. The maximum absolute atomic E-state index is 12.3. The van der Waals surface area contributed by atoms with Crippen LogP contribution in [-0.2, 0) is 6.54 Å². The number of hydrogen-bond donors (Lipinski definition) is 1. The molecule has 3 rings (SSSR count). The smallest absolute Gasteiger partial charge is 0.321 e. The van der Waals surface area contributed by atoms with Crippen LogP contribution in [-0.4, -0.2) is 42.0 Å². The molecular formula is C19H22ClN3O. The van der Waals surface area contributed by atoms with Crippen LogP contribution in [0, 0.1) is 6.92 Å². The first-order valence-corrected chi connectivity index (χ1v) is 8.57. The van der Waals surface area contributed by atoms with E-state index in [-0.39, 0.29) is 6.03 Å². The van der Waals surface area contributed by atoms with Crippen molar-refractivity contribution in [1.82, 2.24) is 9.80 Å². The summed E-state index contributed by atoms with van der Waals surface area (Å²) in [5.74, 6) is 0. The zero-order chi connectivity index (χ0) is 16.9. The molecule has 0 unspecified atom stereocenters. The van der Waals surface area contributed by atoms with Crippen molar-refractivity contribution in [2.45, 2.75) is 13.5 Å². The summed E-state index contributed by atoms with van der Waals surface area (Å²) >= 11 is 5.92. The van der Waals surface area contributed by atoms with E-state index in [0.717, 1.165) is 43.4 Å². The maximum atomic E-state index is 12.3. The van der Waals surface area contributed by atoms with Crippen molar-refractivity contribution in [3.8, 4) is 0 Å². The van der Waals surface area contributed by atoms with Crippen LogP contribution in [0.5, 0.6) is 0 Å². The number of carbonyl (C=O) groups excluding carboxylic acids is 1. The van der Waals surface area contributed by atoms with Gasteiger partial charge in [-0.25, -0.2) is 4.79 Å². The molecule has 0 spiro atoms. The van der Waals surface area contributed by atoms with E-state index in [1.54, 1.807) is 0 Å². The quantitative estimate of drug-likeness (QED) is 0.914. The molecular weight excluding hydrogens is 322 g/mol. The minimum absolute atomic E-state index is 0.0232. The predicted octanol–water partition coefficient (Wildman–Crippen LogP) is 4.00. The molecule has 4 nitrogen and oxygen atoms in total. The largest absolute Gasteiger partial charge is 0.322 e. The van der Waals surface area contributed by atoms with Crippen molar-refractivity contribution in [2.24, 2.45) is 0 Å². The lowest BCUT2D eigenvalue weighted by atomic mass is 10.2. The normalized spacial score (nSPS) is 15.3. The molecule has 24 heavy (non-hydrogen) atoms. The van der Waals surface area contributed by atoms with Gasteiger partial charge in [-0.1, -0.05) is 41.4 Å². The lowest BCUT2D eigenvalue weighted by molar-refractivity contribution is 0.143. The second-order valence-electron chi connectivity index (χ2n) is 6.19. The highest BCUT2D eigenvalue weighted by Gasteiger charge is 2.21. The highest BCUT2D eigenvalue weighted by Crippen LogP contribution is 2.14. The van der Waals surface area contributed by atoms with Crippen molar-refractivity contribution in [1.29, 1.82) is 0 Å². The van der Waals surface area contributed by atoms with Gasteiger partial charge in [0.2, 0.25) is 0 Å². The topological polar surface area (TPSA) is 35.6 Å². The Kier molecular flexibility index (Phi) is 5.38. The number of piperazine rings is 1. The Balaban J connectivity index is 1.48. The first-order valence-electron chi connectivity index (χ1n) is 8.19. The first-order chi connectivity index (χ1) is 11.6. The summed E-state index contributed by atoms with van der Waals surface area (Å²) in [7, 11) is 0. The van der Waals surface area contributed by atoms with Crippen LogP contribution < -0.4 is 5.32 Å². The number of hydrogen-bond acceptors (Lipinski definition) is 2. The van der Waals surface area contributed by atoms with Gasteiger partial charge in [0, 0.05) is 43.4 Å². The molecule has 0 aromatic heterocycles. The molecule has 0 radical (unpaired) electrons. The number of carbonyl (C=O) groups is 1. The molecule has 1 aliphatic rings. The van der Waals surface area contributed by atoms with Crippen molar-refractivity contribution in [2.75, 3.05) is 31.5 Å². The van der Waals surface area contributed by atoms with Crippen LogP contribution in [0.4, 0.5) is 10.5 Å². The fraction of sp³-hybridized carbons (Fsp3) is 0.316. The van der Waals surface area contributed by atoms with Crippen LogP contribution in [0.15, 0.2) is 48.5 Å². The fourth-order valence-corrected chi connectivity index (χ4v) is 2.92. The molecule has 0 atom stereocenters. The molecule has 2 amide bonds. The third kappa shape index (κ3) is 4.49.